The molecule has 0 radical (unpaired) electrons. The Morgan fingerprint density at radius 3 is 2.49 bits per heavy atom. The number of fused-ring (bicyclic) bond motifs is 1. The molecule has 37 heavy (non-hydrogen) atoms. The molecule has 1 amide bonds. The fraction of sp³-hybridized carbons (Fsp3) is 0.419. The minimum absolute atomic E-state index is 0.0312. The van der Waals surface area contributed by atoms with Gasteiger partial charge in [0.15, 0.2) is 0 Å². The molecule has 3 heterocycles. The number of nitrogens with one attached hydrogen (secondary N) is 1. The number of carbonyl (C=O) groups is 1. The molecule has 1 aliphatic heterocycles. The van der Waals surface area contributed by atoms with Crippen LogP contribution in [-0.4, -0.2) is 46.3 Å². The third-order valence-electron chi connectivity index (χ3n) is 8.47. The second kappa shape index (κ2) is 10.9. The summed E-state index contributed by atoms with van der Waals surface area (Å²) in [5, 5.41) is 8.79. The van der Waals surface area contributed by atoms with Gasteiger partial charge in [-0.15, -0.1) is 0 Å². The standard InChI is InChI=1S/C31H36N4O2/c36-31(25-8-12-27(13-9-25)35-18-3-17-32-35)33-26-10-6-23(7-11-26)14-19-34-20-15-24(16-21-34)29-22-37-30-5-2-1-4-28(29)30/h1-5,8-9,12-13,17-18,22-24,26H,6-7,10-11,14-16,19-21H2,(H,33,36). The van der Waals surface area contributed by atoms with Crippen molar-refractivity contribution in [3.63, 3.8) is 0 Å². The predicted octanol–water partition coefficient (Wildman–Crippen LogP) is 6.18. The van der Waals surface area contributed by atoms with Gasteiger partial charge < -0.3 is 14.6 Å². The topological polar surface area (TPSA) is 63.3 Å². The highest BCUT2D eigenvalue weighted by Gasteiger charge is 2.26. The number of benzene rings is 2. The van der Waals surface area contributed by atoms with Crippen LogP contribution in [-0.2, 0) is 0 Å². The van der Waals surface area contributed by atoms with Gasteiger partial charge in [-0.25, -0.2) is 4.68 Å². The van der Waals surface area contributed by atoms with Gasteiger partial charge in [0.2, 0.25) is 0 Å². The molecule has 0 unspecified atom stereocenters. The largest absolute Gasteiger partial charge is 0.464 e. The Balaban J connectivity index is 0.914. The van der Waals surface area contributed by atoms with E-state index in [0.29, 0.717) is 11.5 Å². The van der Waals surface area contributed by atoms with E-state index >= 15 is 0 Å². The van der Waals surface area contributed by atoms with Crippen molar-refractivity contribution in [2.24, 2.45) is 5.92 Å². The van der Waals surface area contributed by atoms with Crippen LogP contribution in [0.2, 0.25) is 0 Å². The lowest BCUT2D eigenvalue weighted by atomic mass is 9.83. The first kappa shape index (κ1) is 24.0. The van der Waals surface area contributed by atoms with E-state index in [0.717, 1.165) is 30.0 Å². The van der Waals surface area contributed by atoms with Crippen molar-refractivity contribution >= 4 is 16.9 Å². The first-order chi connectivity index (χ1) is 18.2. The zero-order valence-corrected chi connectivity index (χ0v) is 21.4. The third-order valence-corrected chi connectivity index (χ3v) is 8.47. The van der Waals surface area contributed by atoms with Gasteiger partial charge in [-0.2, -0.15) is 5.10 Å². The van der Waals surface area contributed by atoms with Gasteiger partial charge in [0, 0.05) is 34.9 Å². The van der Waals surface area contributed by atoms with Crippen LogP contribution >= 0.6 is 0 Å². The highest BCUT2D eigenvalue weighted by molar-refractivity contribution is 5.94. The van der Waals surface area contributed by atoms with Crippen molar-refractivity contribution in [2.75, 3.05) is 19.6 Å². The maximum Gasteiger partial charge on any atom is 0.251 e. The van der Waals surface area contributed by atoms with E-state index in [1.165, 1.54) is 62.7 Å². The van der Waals surface area contributed by atoms with Gasteiger partial charge in [-0.05, 0) is 113 Å². The summed E-state index contributed by atoms with van der Waals surface area (Å²) in [6, 6.07) is 18.2. The molecule has 2 fully saturated rings. The molecule has 2 aliphatic rings. The maximum atomic E-state index is 12.8. The summed E-state index contributed by atoms with van der Waals surface area (Å²) >= 11 is 0. The van der Waals surface area contributed by atoms with Crippen molar-refractivity contribution in [3.05, 3.63) is 84.4 Å². The molecular formula is C31H36N4O2. The van der Waals surface area contributed by atoms with Crippen LogP contribution in [0.25, 0.3) is 16.7 Å². The van der Waals surface area contributed by atoms with Crippen LogP contribution < -0.4 is 5.32 Å². The molecule has 6 heteroatoms. The molecule has 192 valence electrons. The summed E-state index contributed by atoms with van der Waals surface area (Å²) < 4.78 is 7.59. The predicted molar refractivity (Wildman–Crippen MR) is 146 cm³/mol. The number of aromatic nitrogens is 2. The Labute approximate surface area is 218 Å². The molecule has 0 atom stereocenters. The van der Waals surface area contributed by atoms with Gasteiger partial charge in [0.1, 0.15) is 5.58 Å². The monoisotopic (exact) mass is 496 g/mol. The van der Waals surface area contributed by atoms with Crippen LogP contribution in [0.1, 0.15) is 66.8 Å². The Morgan fingerprint density at radius 1 is 0.946 bits per heavy atom. The van der Waals surface area contributed by atoms with E-state index < -0.39 is 0 Å². The minimum Gasteiger partial charge on any atom is -0.464 e. The van der Waals surface area contributed by atoms with Crippen LogP contribution in [0, 0.1) is 5.92 Å². The molecule has 1 N–H and O–H groups in total. The third kappa shape index (κ3) is 5.49. The second-order valence-corrected chi connectivity index (χ2v) is 10.8. The maximum absolute atomic E-state index is 12.8. The minimum atomic E-state index is 0.0312. The molecule has 1 aliphatic carbocycles. The zero-order valence-electron chi connectivity index (χ0n) is 21.4. The summed E-state index contributed by atoms with van der Waals surface area (Å²) in [5.41, 5.74) is 4.07. The summed E-state index contributed by atoms with van der Waals surface area (Å²) in [7, 11) is 0. The second-order valence-electron chi connectivity index (χ2n) is 10.8. The molecule has 0 bridgehead atoms. The van der Waals surface area contributed by atoms with Gasteiger partial charge >= 0.3 is 0 Å². The van der Waals surface area contributed by atoms with Gasteiger partial charge in [-0.1, -0.05) is 18.2 Å². The van der Waals surface area contributed by atoms with Crippen LogP contribution in [0.3, 0.4) is 0 Å². The number of hydrogen-bond acceptors (Lipinski definition) is 4. The number of furan rings is 1. The van der Waals surface area contributed by atoms with E-state index in [4.69, 9.17) is 4.42 Å². The van der Waals surface area contributed by atoms with E-state index in [-0.39, 0.29) is 11.9 Å². The van der Waals surface area contributed by atoms with Crippen LogP contribution in [0.4, 0.5) is 0 Å². The molecule has 6 nitrogen and oxygen atoms in total. The number of nitrogens with zero attached hydrogens (tertiary/aromatic N) is 3. The Kier molecular flexibility index (Phi) is 7.09. The fourth-order valence-corrected chi connectivity index (χ4v) is 6.20. The number of para-hydroxylation sites is 1. The van der Waals surface area contributed by atoms with Gasteiger partial charge in [-0.3, -0.25) is 4.79 Å². The number of piperidine rings is 1. The average molecular weight is 497 g/mol. The molecule has 0 spiro atoms. The van der Waals surface area contributed by atoms with Gasteiger partial charge in [0.05, 0.1) is 12.0 Å². The summed E-state index contributed by atoms with van der Waals surface area (Å²) in [4.78, 5) is 15.4. The smallest absolute Gasteiger partial charge is 0.251 e. The number of carbonyl (C=O) groups excluding carboxylic acids is 1. The van der Waals surface area contributed by atoms with Crippen molar-refractivity contribution in [1.29, 1.82) is 0 Å². The number of rotatable bonds is 7. The number of hydrogen-bond donors (Lipinski definition) is 1. The quantitative estimate of drug-likeness (QED) is 0.332. The number of likely N-dealkylation sites (tertiary alicyclic amines) is 1. The van der Waals surface area contributed by atoms with Crippen molar-refractivity contribution in [2.45, 2.75) is 56.9 Å². The molecule has 2 aromatic heterocycles. The van der Waals surface area contributed by atoms with Gasteiger partial charge in [0.25, 0.3) is 5.91 Å². The molecule has 2 aromatic carbocycles. The fourth-order valence-electron chi connectivity index (χ4n) is 6.20. The zero-order chi connectivity index (χ0) is 25.0. The van der Waals surface area contributed by atoms with Crippen molar-refractivity contribution in [3.8, 4) is 5.69 Å². The molecule has 6 rings (SSSR count). The van der Waals surface area contributed by atoms with Crippen molar-refractivity contribution in [1.82, 2.24) is 20.0 Å². The summed E-state index contributed by atoms with van der Waals surface area (Å²) in [6.45, 7) is 3.55. The Bertz CT molecular complexity index is 1290. The normalized spacial score (nSPS) is 21.3. The average Bonchev–Trinajstić information content (AvgIpc) is 3.64. The lowest BCUT2D eigenvalue weighted by Gasteiger charge is -2.34. The van der Waals surface area contributed by atoms with Crippen LogP contribution in [0.5, 0.6) is 0 Å². The lowest BCUT2D eigenvalue weighted by molar-refractivity contribution is 0.0919. The highest BCUT2D eigenvalue weighted by atomic mass is 16.3. The van der Waals surface area contributed by atoms with Crippen molar-refractivity contribution < 1.29 is 9.21 Å². The molecule has 4 aromatic rings. The molecule has 1 saturated carbocycles. The number of amides is 1. The van der Waals surface area contributed by atoms with E-state index in [1.807, 2.05) is 48.9 Å². The summed E-state index contributed by atoms with van der Waals surface area (Å²) in [5.74, 6) is 1.42. The van der Waals surface area contributed by atoms with E-state index in [9.17, 15) is 4.79 Å². The van der Waals surface area contributed by atoms with E-state index in [2.05, 4.69) is 33.5 Å². The Hall–Kier alpha value is -3.38. The first-order valence-corrected chi connectivity index (χ1v) is 13.8. The Morgan fingerprint density at radius 2 is 1.73 bits per heavy atom. The first-order valence-electron chi connectivity index (χ1n) is 13.8. The highest BCUT2D eigenvalue weighted by Crippen LogP contribution is 2.35. The van der Waals surface area contributed by atoms with Crippen LogP contribution in [0.15, 0.2) is 77.7 Å². The summed E-state index contributed by atoms with van der Waals surface area (Å²) in [6.07, 6.45) is 13.9. The molecule has 1 saturated heterocycles. The molecular weight excluding hydrogens is 460 g/mol. The lowest BCUT2D eigenvalue weighted by Crippen LogP contribution is -2.38. The van der Waals surface area contributed by atoms with E-state index in [1.54, 1.807) is 10.9 Å². The SMILES string of the molecule is O=C(NC1CCC(CCN2CCC(c3coc4ccccc34)CC2)CC1)c1ccc(-n2cccn2)cc1.